The zero-order valence-electron chi connectivity index (χ0n) is 12.7. The minimum atomic E-state index is -0.310. The Hall–Kier alpha value is -0.610. The molecule has 2 aliphatic rings. The number of fused-ring (bicyclic) bond motifs is 1. The maximum Gasteiger partial charge on any atom is 0.185 e. The van der Waals surface area contributed by atoms with Gasteiger partial charge in [-0.25, -0.2) is 4.98 Å². The Morgan fingerprint density at radius 3 is 2.50 bits per heavy atom. The van der Waals surface area contributed by atoms with Gasteiger partial charge in [-0.15, -0.1) is 0 Å². The Bertz CT molecular complexity index is 461. The minimum absolute atomic E-state index is 0.175. The summed E-state index contributed by atoms with van der Waals surface area (Å²) in [5, 5.41) is 11.5. The van der Waals surface area contributed by atoms with Crippen molar-refractivity contribution >= 4 is 16.5 Å². The third-order valence-corrected chi connectivity index (χ3v) is 5.80. The second kappa shape index (κ2) is 5.64. The van der Waals surface area contributed by atoms with Crippen LogP contribution in [0.2, 0.25) is 0 Å². The molecule has 3 rings (SSSR count). The van der Waals surface area contributed by atoms with E-state index in [1.807, 2.05) is 0 Å². The maximum atomic E-state index is 10.4. The molecule has 1 fully saturated rings. The van der Waals surface area contributed by atoms with Crippen LogP contribution >= 0.6 is 11.3 Å². The first kappa shape index (κ1) is 14.3. The van der Waals surface area contributed by atoms with Gasteiger partial charge in [0, 0.05) is 13.1 Å². The Labute approximate surface area is 126 Å². The largest absolute Gasteiger partial charge is 0.387 e. The van der Waals surface area contributed by atoms with E-state index in [1.54, 1.807) is 11.3 Å². The maximum absolute atomic E-state index is 10.4. The number of rotatable bonds is 1. The molecule has 1 aromatic heterocycles. The molecule has 1 aromatic rings. The number of hydrogen-bond donors (Lipinski definition) is 1. The predicted molar refractivity (Wildman–Crippen MR) is 84.5 cm³/mol. The Morgan fingerprint density at radius 1 is 1.15 bits per heavy atom. The molecular formula is C16H26N2OS. The van der Waals surface area contributed by atoms with Crippen LogP contribution < -0.4 is 4.90 Å². The molecule has 2 heterocycles. The number of anilines is 1. The first-order valence-corrected chi connectivity index (χ1v) is 8.79. The molecule has 1 unspecified atom stereocenters. The van der Waals surface area contributed by atoms with Crippen molar-refractivity contribution < 1.29 is 5.11 Å². The quantitative estimate of drug-likeness (QED) is 0.853. The second-order valence-electron chi connectivity index (χ2n) is 7.12. The molecule has 112 valence electrons. The highest BCUT2D eigenvalue weighted by atomic mass is 32.1. The fourth-order valence-electron chi connectivity index (χ4n) is 3.45. The van der Waals surface area contributed by atoms with Gasteiger partial charge in [0.05, 0.1) is 16.7 Å². The lowest BCUT2D eigenvalue weighted by Gasteiger charge is -2.31. The number of aliphatic hydroxyl groups excluding tert-OH is 1. The van der Waals surface area contributed by atoms with Crippen LogP contribution in [0.1, 0.15) is 69.0 Å². The number of aromatic nitrogens is 1. The van der Waals surface area contributed by atoms with E-state index < -0.39 is 0 Å². The fourth-order valence-corrected chi connectivity index (χ4v) is 4.57. The molecule has 0 aromatic carbocycles. The minimum Gasteiger partial charge on any atom is -0.387 e. The molecule has 4 heteroatoms. The SMILES string of the molecule is CC1(C)Cc2nc(N3CCCCCCC3)sc2C(O)C1. The molecule has 20 heavy (non-hydrogen) atoms. The molecule has 0 amide bonds. The van der Waals surface area contributed by atoms with Gasteiger partial charge in [-0.1, -0.05) is 44.4 Å². The van der Waals surface area contributed by atoms with E-state index in [0.29, 0.717) is 0 Å². The van der Waals surface area contributed by atoms with E-state index in [9.17, 15) is 5.11 Å². The summed E-state index contributed by atoms with van der Waals surface area (Å²) in [6.07, 6.45) is 8.18. The van der Waals surface area contributed by atoms with Crippen molar-refractivity contribution in [3.8, 4) is 0 Å². The summed E-state index contributed by atoms with van der Waals surface area (Å²) in [6, 6.07) is 0. The molecular weight excluding hydrogens is 268 g/mol. The molecule has 0 radical (unpaired) electrons. The Balaban J connectivity index is 1.81. The van der Waals surface area contributed by atoms with Crippen molar-refractivity contribution in [3.05, 3.63) is 10.6 Å². The Kier molecular flexibility index (Phi) is 4.04. The monoisotopic (exact) mass is 294 g/mol. The van der Waals surface area contributed by atoms with Gasteiger partial charge in [0.1, 0.15) is 0 Å². The van der Waals surface area contributed by atoms with Crippen LogP contribution in [-0.4, -0.2) is 23.2 Å². The summed E-state index contributed by atoms with van der Waals surface area (Å²) in [5.41, 5.74) is 1.32. The van der Waals surface area contributed by atoms with Crippen LogP contribution in [0.15, 0.2) is 0 Å². The number of thiazole rings is 1. The number of aliphatic hydroxyl groups is 1. The molecule has 1 aliphatic carbocycles. The fraction of sp³-hybridized carbons (Fsp3) is 0.812. The van der Waals surface area contributed by atoms with Gasteiger partial charge in [0.2, 0.25) is 0 Å². The van der Waals surface area contributed by atoms with Crippen LogP contribution in [0.25, 0.3) is 0 Å². The molecule has 0 saturated carbocycles. The van der Waals surface area contributed by atoms with Crippen molar-refractivity contribution in [2.24, 2.45) is 5.41 Å². The van der Waals surface area contributed by atoms with Crippen LogP contribution in [0.3, 0.4) is 0 Å². The van der Waals surface area contributed by atoms with Gasteiger partial charge in [-0.2, -0.15) is 0 Å². The van der Waals surface area contributed by atoms with Crippen molar-refractivity contribution in [3.63, 3.8) is 0 Å². The zero-order valence-corrected chi connectivity index (χ0v) is 13.5. The smallest absolute Gasteiger partial charge is 0.185 e. The normalized spacial score (nSPS) is 26.8. The average Bonchev–Trinajstić information content (AvgIpc) is 2.70. The van der Waals surface area contributed by atoms with Crippen molar-refractivity contribution in [1.82, 2.24) is 4.98 Å². The van der Waals surface area contributed by atoms with E-state index in [-0.39, 0.29) is 11.5 Å². The number of hydrogen-bond acceptors (Lipinski definition) is 4. The second-order valence-corrected chi connectivity index (χ2v) is 8.13. The molecule has 1 saturated heterocycles. The van der Waals surface area contributed by atoms with Crippen molar-refractivity contribution in [2.75, 3.05) is 18.0 Å². The van der Waals surface area contributed by atoms with Gasteiger partial charge < -0.3 is 10.0 Å². The van der Waals surface area contributed by atoms with Gasteiger partial charge in [-0.05, 0) is 31.1 Å². The standard InChI is InChI=1S/C16H26N2OS/c1-16(2)10-12-14(13(19)11-16)20-15(17-12)18-8-6-4-3-5-7-9-18/h13,19H,3-11H2,1-2H3. The van der Waals surface area contributed by atoms with Gasteiger partial charge in [0.15, 0.2) is 5.13 Å². The number of nitrogens with zero attached hydrogens (tertiary/aromatic N) is 2. The van der Waals surface area contributed by atoms with Crippen LogP contribution in [0, 0.1) is 5.41 Å². The predicted octanol–water partition coefficient (Wildman–Crippen LogP) is 3.92. The van der Waals surface area contributed by atoms with E-state index in [4.69, 9.17) is 4.98 Å². The highest BCUT2D eigenvalue weighted by Gasteiger charge is 2.34. The molecule has 0 spiro atoms. The van der Waals surface area contributed by atoms with Crippen LogP contribution in [-0.2, 0) is 6.42 Å². The lowest BCUT2D eigenvalue weighted by Crippen LogP contribution is -2.27. The van der Waals surface area contributed by atoms with Crippen LogP contribution in [0.5, 0.6) is 0 Å². The highest BCUT2D eigenvalue weighted by Crippen LogP contribution is 2.44. The summed E-state index contributed by atoms with van der Waals surface area (Å²) in [7, 11) is 0. The first-order chi connectivity index (χ1) is 9.55. The lowest BCUT2D eigenvalue weighted by molar-refractivity contribution is 0.102. The van der Waals surface area contributed by atoms with Crippen molar-refractivity contribution in [2.45, 2.75) is 64.9 Å². The summed E-state index contributed by atoms with van der Waals surface area (Å²) >= 11 is 1.73. The van der Waals surface area contributed by atoms with Crippen molar-refractivity contribution in [1.29, 1.82) is 0 Å². The topological polar surface area (TPSA) is 36.4 Å². The molecule has 1 aliphatic heterocycles. The summed E-state index contributed by atoms with van der Waals surface area (Å²) in [5.74, 6) is 0. The summed E-state index contributed by atoms with van der Waals surface area (Å²) in [4.78, 5) is 8.45. The Morgan fingerprint density at radius 2 is 1.80 bits per heavy atom. The summed E-state index contributed by atoms with van der Waals surface area (Å²) in [6.45, 7) is 6.72. The first-order valence-electron chi connectivity index (χ1n) is 7.98. The van der Waals surface area contributed by atoms with Gasteiger partial charge >= 0.3 is 0 Å². The van der Waals surface area contributed by atoms with E-state index in [1.165, 1.54) is 32.1 Å². The third kappa shape index (κ3) is 3.01. The summed E-state index contributed by atoms with van der Waals surface area (Å²) < 4.78 is 0. The lowest BCUT2D eigenvalue weighted by atomic mass is 9.77. The third-order valence-electron chi connectivity index (χ3n) is 4.54. The molecule has 3 nitrogen and oxygen atoms in total. The van der Waals surface area contributed by atoms with E-state index >= 15 is 0 Å². The van der Waals surface area contributed by atoms with Crippen LogP contribution in [0.4, 0.5) is 5.13 Å². The van der Waals surface area contributed by atoms with E-state index in [2.05, 4.69) is 18.7 Å². The average molecular weight is 294 g/mol. The molecule has 0 bridgehead atoms. The van der Waals surface area contributed by atoms with E-state index in [0.717, 1.165) is 41.6 Å². The zero-order chi connectivity index (χ0) is 14.2. The van der Waals surface area contributed by atoms with Gasteiger partial charge in [-0.3, -0.25) is 0 Å². The molecule has 1 atom stereocenters. The molecule has 1 N–H and O–H groups in total. The van der Waals surface area contributed by atoms with Gasteiger partial charge in [0.25, 0.3) is 0 Å². The highest BCUT2D eigenvalue weighted by molar-refractivity contribution is 7.15.